The molecule has 1 aliphatic heterocycles. The molecule has 0 spiro atoms. The van der Waals surface area contributed by atoms with E-state index in [9.17, 15) is 44.1 Å². The monoisotopic (exact) mass is 704 g/mol. The minimum Gasteiger partial charge on any atom is -0.481 e. The molecule has 2 aromatic rings. The number of rotatable bonds is 19. The number of benzene rings is 2. The quantitative estimate of drug-likeness (QED) is 0.0297. The number of alkyl carbamates (subject to hydrolysis) is 1. The number of carboxylic acids is 2. The van der Waals surface area contributed by atoms with Crippen molar-refractivity contribution in [2.75, 3.05) is 13.1 Å². The second-order valence-electron chi connectivity index (χ2n) is 11.6. The lowest BCUT2D eigenvalue weighted by Gasteiger charge is -2.28. The van der Waals surface area contributed by atoms with Gasteiger partial charge in [-0.1, -0.05) is 74.5 Å². The minimum absolute atomic E-state index is 0.0470. The SMILES string of the molecule is CC(C)[C@H](NC(=O)[C@H](CCC(=O)O)NC(=O)OCc1ccccc1)C(=O)NN(CC(=O)O)[C@@]1(O)[SH+][C@@H]1[C@H](O)C(=O)NCCc1ccccc1. The van der Waals surface area contributed by atoms with Crippen LogP contribution in [0.25, 0.3) is 0 Å². The molecule has 0 saturated carbocycles. The lowest BCUT2D eigenvalue weighted by atomic mass is 10.0. The lowest BCUT2D eigenvalue weighted by molar-refractivity contribution is -0.151. The number of carbonyl (C=O) groups excluding carboxylic acids is 4. The highest BCUT2D eigenvalue weighted by molar-refractivity contribution is 7.88. The number of aliphatic hydroxyl groups is 2. The van der Waals surface area contributed by atoms with Crippen LogP contribution in [0.3, 0.4) is 0 Å². The van der Waals surface area contributed by atoms with Crippen molar-refractivity contribution in [1.29, 1.82) is 0 Å². The predicted octanol–water partition coefficient (Wildman–Crippen LogP) is -0.732. The van der Waals surface area contributed by atoms with Gasteiger partial charge in [0.15, 0.2) is 6.10 Å². The number of carboxylic acid groups (broad SMARTS) is 2. The molecule has 1 saturated heterocycles. The van der Waals surface area contributed by atoms with Gasteiger partial charge in [-0.05, 0) is 29.9 Å². The number of hydrogen-bond donors (Lipinski definition) is 8. The van der Waals surface area contributed by atoms with Crippen LogP contribution in [0.1, 0.15) is 37.8 Å². The smallest absolute Gasteiger partial charge is 0.408 e. The highest BCUT2D eigenvalue weighted by Crippen LogP contribution is 2.40. The fourth-order valence-electron chi connectivity index (χ4n) is 4.71. The highest BCUT2D eigenvalue weighted by Gasteiger charge is 2.76. The molecule has 16 nitrogen and oxygen atoms in total. The van der Waals surface area contributed by atoms with Crippen LogP contribution in [0.5, 0.6) is 0 Å². The van der Waals surface area contributed by atoms with E-state index in [-0.39, 0.29) is 31.3 Å². The van der Waals surface area contributed by atoms with E-state index in [1.54, 1.807) is 44.2 Å². The summed E-state index contributed by atoms with van der Waals surface area (Å²) in [6, 6.07) is 15.2. The van der Waals surface area contributed by atoms with E-state index in [2.05, 4.69) is 21.4 Å². The maximum atomic E-state index is 13.4. The Morgan fingerprint density at radius 3 is 2.06 bits per heavy atom. The summed E-state index contributed by atoms with van der Waals surface area (Å²) < 4.78 is 5.14. The van der Waals surface area contributed by atoms with Crippen LogP contribution in [0.15, 0.2) is 60.7 Å². The first kappa shape index (κ1) is 38.7. The van der Waals surface area contributed by atoms with Gasteiger partial charge in [-0.3, -0.25) is 29.4 Å². The van der Waals surface area contributed by atoms with Gasteiger partial charge in [0.25, 0.3) is 11.8 Å². The molecule has 0 aromatic heterocycles. The Balaban J connectivity index is 1.64. The lowest BCUT2D eigenvalue weighted by Crippen LogP contribution is -2.61. The molecule has 266 valence electrons. The zero-order valence-corrected chi connectivity index (χ0v) is 27.8. The Morgan fingerprint density at radius 1 is 0.878 bits per heavy atom. The van der Waals surface area contributed by atoms with Crippen molar-refractivity contribution in [3.63, 3.8) is 0 Å². The molecule has 0 radical (unpaired) electrons. The van der Waals surface area contributed by atoms with Crippen LogP contribution in [-0.2, 0) is 53.5 Å². The van der Waals surface area contributed by atoms with Crippen molar-refractivity contribution in [2.24, 2.45) is 5.92 Å². The first-order chi connectivity index (χ1) is 23.2. The largest absolute Gasteiger partial charge is 0.481 e. The van der Waals surface area contributed by atoms with Gasteiger partial charge >= 0.3 is 23.1 Å². The van der Waals surface area contributed by atoms with Gasteiger partial charge in [-0.15, -0.1) is 5.01 Å². The predicted molar refractivity (Wildman–Crippen MR) is 176 cm³/mol. The van der Waals surface area contributed by atoms with Gasteiger partial charge in [-0.2, -0.15) is 0 Å². The van der Waals surface area contributed by atoms with E-state index in [0.717, 1.165) is 5.56 Å². The molecule has 0 aliphatic carbocycles. The summed E-state index contributed by atoms with van der Waals surface area (Å²) in [5.41, 5.74) is 3.91. The van der Waals surface area contributed by atoms with E-state index < -0.39 is 83.1 Å². The summed E-state index contributed by atoms with van der Waals surface area (Å²) in [5, 5.41) is 45.2. The molecule has 5 atom stereocenters. The van der Waals surface area contributed by atoms with Gasteiger partial charge in [0, 0.05) is 24.7 Å². The zero-order valence-electron chi connectivity index (χ0n) is 26.9. The summed E-state index contributed by atoms with van der Waals surface area (Å²) in [6.45, 7) is 2.28. The van der Waals surface area contributed by atoms with Crippen LogP contribution < -0.4 is 21.4 Å². The number of hydrogen-bond acceptors (Lipinski definition) is 10. The molecule has 2 aromatic carbocycles. The third kappa shape index (κ3) is 12.0. The normalized spacial score (nSPS) is 18.4. The van der Waals surface area contributed by atoms with Crippen LogP contribution >= 0.6 is 0 Å². The van der Waals surface area contributed by atoms with Crippen LogP contribution in [0.2, 0.25) is 0 Å². The summed E-state index contributed by atoms with van der Waals surface area (Å²) in [6.07, 6.45) is -3.10. The molecule has 0 unspecified atom stereocenters. The molecule has 1 fully saturated rings. The summed E-state index contributed by atoms with van der Waals surface area (Å²) in [5.74, 6) is -5.97. The molecule has 4 amide bonds. The number of aliphatic hydroxyl groups excluding tert-OH is 1. The minimum atomic E-state index is -2.14. The Kier molecular flexibility index (Phi) is 14.4. The second-order valence-corrected chi connectivity index (χ2v) is 13.1. The van der Waals surface area contributed by atoms with Gasteiger partial charge < -0.3 is 41.1 Å². The number of aliphatic carboxylic acids is 2. The van der Waals surface area contributed by atoms with Crippen LogP contribution in [0.4, 0.5) is 4.79 Å². The van der Waals surface area contributed by atoms with Gasteiger partial charge in [0.05, 0.1) is 0 Å². The summed E-state index contributed by atoms with van der Waals surface area (Å²) in [4.78, 5) is 74.7. The summed E-state index contributed by atoms with van der Waals surface area (Å²) >= 11 is 0.0470. The molecule has 1 heterocycles. The molecule has 49 heavy (non-hydrogen) atoms. The standard InChI is InChI=1S/C32H41N5O11S/c1-19(2)25(35-28(43)22(13-14-23(38)39)34-31(46)48-18-21-11-7-4-8-12-21)29(44)36-37(17-24(40)41)32(47)27(49-32)26(42)30(45)33-16-15-20-9-5-3-6-10-20/h3-12,19,22,25-27,42,47H,13-18H2,1-2H3,(H,33,45)(H,34,46)(H,35,43)(H,36,44)(H,38,39)(H,40,41)/p+1/t22-,25-,26-,27+,32-/m0/s1. The molecule has 1 aliphatic rings. The number of nitrogens with zero attached hydrogens (tertiary/aromatic N) is 1. The Bertz CT molecular complexity index is 1470. The first-order valence-electron chi connectivity index (χ1n) is 15.4. The first-order valence-corrected chi connectivity index (χ1v) is 16.4. The van der Waals surface area contributed by atoms with Crippen molar-refractivity contribution in [3.8, 4) is 0 Å². The maximum absolute atomic E-state index is 13.4. The molecule has 0 bridgehead atoms. The second kappa shape index (κ2) is 18.2. The van der Waals surface area contributed by atoms with Crippen molar-refractivity contribution < 1.29 is 53.9 Å². The number of carbonyl (C=O) groups is 6. The summed E-state index contributed by atoms with van der Waals surface area (Å²) in [7, 11) is 0. The third-order valence-electron chi connectivity index (χ3n) is 7.43. The number of ether oxygens (including phenoxy) is 1. The Labute approximate surface area is 286 Å². The third-order valence-corrected chi connectivity index (χ3v) is 8.97. The fourth-order valence-corrected chi connectivity index (χ4v) is 5.86. The maximum Gasteiger partial charge on any atom is 0.408 e. The van der Waals surface area contributed by atoms with E-state index in [0.29, 0.717) is 17.0 Å². The molecule has 3 rings (SSSR count). The highest BCUT2D eigenvalue weighted by atomic mass is 32.2. The topological polar surface area (TPSA) is 244 Å². The van der Waals surface area contributed by atoms with Crippen molar-refractivity contribution >= 4 is 47.5 Å². The van der Waals surface area contributed by atoms with E-state index >= 15 is 0 Å². The molecular formula is C32H42N5O11S+. The van der Waals surface area contributed by atoms with E-state index in [1.165, 1.54) is 0 Å². The number of nitrogens with one attached hydrogen (secondary N) is 4. The van der Waals surface area contributed by atoms with Crippen molar-refractivity contribution in [1.82, 2.24) is 26.4 Å². The van der Waals surface area contributed by atoms with Crippen LogP contribution in [0, 0.1) is 5.92 Å². The number of amides is 4. The van der Waals surface area contributed by atoms with Gasteiger partial charge in [0.1, 0.15) is 25.2 Å². The number of thiol groups is 1. The number of hydrazine groups is 1. The van der Waals surface area contributed by atoms with Gasteiger partial charge in [-0.25, -0.2) is 4.79 Å². The average molecular weight is 705 g/mol. The van der Waals surface area contributed by atoms with Crippen molar-refractivity contribution in [2.45, 2.75) is 68.2 Å². The van der Waals surface area contributed by atoms with E-state index in [1.807, 2.05) is 30.3 Å². The molecule has 8 N–H and O–H groups in total. The Morgan fingerprint density at radius 2 is 1.49 bits per heavy atom. The Hall–Kier alpha value is -4.71. The molecule has 17 heteroatoms. The average Bonchev–Trinajstić information content (AvgIpc) is 3.76. The fraction of sp³-hybridized carbons (Fsp3) is 0.438. The van der Waals surface area contributed by atoms with Crippen LogP contribution in [-0.4, -0.2) is 103 Å². The van der Waals surface area contributed by atoms with Crippen molar-refractivity contribution in [3.05, 3.63) is 71.8 Å². The molecular weight excluding hydrogens is 662 g/mol. The van der Waals surface area contributed by atoms with Gasteiger partial charge in [0.2, 0.25) is 11.2 Å². The zero-order chi connectivity index (χ0) is 36.1. The van der Waals surface area contributed by atoms with E-state index in [4.69, 9.17) is 9.84 Å².